The molecule has 2 heterocycles. The first-order chi connectivity index (χ1) is 12.1. The van der Waals surface area contributed by atoms with Crippen molar-refractivity contribution in [3.8, 4) is 17.3 Å². The minimum absolute atomic E-state index is 0.0984. The lowest BCUT2D eigenvalue weighted by Crippen LogP contribution is -2.17. The number of carbonyl (C=O) groups is 1. The van der Waals surface area contributed by atoms with Gasteiger partial charge in [0.1, 0.15) is 17.6 Å². The number of aromatic nitrogens is 3. The summed E-state index contributed by atoms with van der Waals surface area (Å²) in [6.45, 7) is 2.15. The topological polar surface area (TPSA) is 107 Å². The van der Waals surface area contributed by atoms with E-state index in [1.807, 2.05) is 37.3 Å². The van der Waals surface area contributed by atoms with Gasteiger partial charge in [-0.25, -0.2) is 4.68 Å². The van der Waals surface area contributed by atoms with E-state index in [9.17, 15) is 9.90 Å². The lowest BCUT2D eigenvalue weighted by molar-refractivity contribution is 0.102. The van der Waals surface area contributed by atoms with Crippen LogP contribution in [0, 0.1) is 18.3 Å². The largest absolute Gasteiger partial charge is 0.394 e. The van der Waals surface area contributed by atoms with Crippen LogP contribution < -0.4 is 5.32 Å². The van der Waals surface area contributed by atoms with E-state index in [-0.39, 0.29) is 24.8 Å². The first kappa shape index (κ1) is 16.5. The molecule has 0 aliphatic heterocycles. The van der Waals surface area contributed by atoms with E-state index >= 15 is 0 Å². The number of aliphatic hydroxyl groups is 1. The average Bonchev–Trinajstić information content (AvgIpc) is 3.23. The van der Waals surface area contributed by atoms with Crippen LogP contribution in [0.15, 0.2) is 42.6 Å². The van der Waals surface area contributed by atoms with Gasteiger partial charge in [0.05, 0.1) is 24.4 Å². The molecule has 3 aromatic rings. The van der Waals surface area contributed by atoms with Gasteiger partial charge >= 0.3 is 0 Å². The van der Waals surface area contributed by atoms with Crippen LogP contribution in [0.25, 0.3) is 11.3 Å². The number of rotatable bonds is 5. The van der Waals surface area contributed by atoms with E-state index in [2.05, 4.69) is 15.4 Å². The van der Waals surface area contributed by atoms with Gasteiger partial charge in [-0.1, -0.05) is 24.3 Å². The van der Waals surface area contributed by atoms with Gasteiger partial charge in [0.2, 0.25) is 0 Å². The molecule has 0 fully saturated rings. The fourth-order valence-corrected chi connectivity index (χ4v) is 2.55. The van der Waals surface area contributed by atoms with Crippen LogP contribution in [0.5, 0.6) is 0 Å². The summed E-state index contributed by atoms with van der Waals surface area (Å²) in [4.78, 5) is 15.1. The van der Waals surface area contributed by atoms with Gasteiger partial charge in [0.15, 0.2) is 0 Å². The normalized spacial score (nSPS) is 10.4. The molecule has 7 nitrogen and oxygen atoms in total. The molecule has 0 radical (unpaired) electrons. The predicted molar refractivity (Wildman–Crippen MR) is 92.9 cm³/mol. The summed E-state index contributed by atoms with van der Waals surface area (Å²) in [7, 11) is 0. The summed E-state index contributed by atoms with van der Waals surface area (Å²) in [6, 6.07) is 13.0. The quantitative estimate of drug-likeness (QED) is 0.665. The van der Waals surface area contributed by atoms with Crippen LogP contribution in [0.2, 0.25) is 0 Å². The van der Waals surface area contributed by atoms with E-state index < -0.39 is 0 Å². The zero-order valence-corrected chi connectivity index (χ0v) is 13.7. The second kappa shape index (κ2) is 7.03. The SMILES string of the molecule is Cc1ccccc1-c1cc(NC(=O)c2cc(C#N)c[nH]2)n(CCO)n1. The van der Waals surface area contributed by atoms with Crippen LogP contribution in [0.4, 0.5) is 5.82 Å². The van der Waals surface area contributed by atoms with Crippen LogP contribution >= 0.6 is 0 Å². The molecule has 0 bridgehead atoms. The Hall–Kier alpha value is -3.37. The standard InChI is InChI=1S/C18H17N5O2/c1-12-4-2-3-5-14(12)15-9-17(23(22-15)6-7-24)21-18(25)16-8-13(10-19)11-20-16/h2-5,8-9,11,20,24H,6-7H2,1H3,(H,21,25). The number of aryl methyl sites for hydroxylation is 1. The first-order valence-electron chi connectivity index (χ1n) is 7.77. The summed E-state index contributed by atoms with van der Waals surface area (Å²) in [5.74, 6) is 0.0994. The number of nitrogens with zero attached hydrogens (tertiary/aromatic N) is 3. The maximum Gasteiger partial charge on any atom is 0.273 e. The Balaban J connectivity index is 1.91. The van der Waals surface area contributed by atoms with Crippen molar-refractivity contribution >= 4 is 11.7 Å². The Bertz CT molecular complexity index is 949. The minimum Gasteiger partial charge on any atom is -0.394 e. The second-order valence-corrected chi connectivity index (χ2v) is 5.54. The van der Waals surface area contributed by atoms with Gasteiger partial charge in [-0.15, -0.1) is 0 Å². The Morgan fingerprint density at radius 3 is 2.88 bits per heavy atom. The molecule has 25 heavy (non-hydrogen) atoms. The van der Waals surface area contributed by atoms with Gasteiger partial charge in [-0.05, 0) is 18.6 Å². The summed E-state index contributed by atoms with van der Waals surface area (Å²) in [5.41, 5.74) is 3.41. The molecule has 0 aliphatic rings. The lowest BCUT2D eigenvalue weighted by Gasteiger charge is -2.06. The van der Waals surface area contributed by atoms with E-state index in [1.54, 1.807) is 10.7 Å². The predicted octanol–water partition coefficient (Wildman–Crippen LogP) is 2.30. The Labute approximate surface area is 144 Å². The average molecular weight is 335 g/mol. The number of nitriles is 1. The van der Waals surface area contributed by atoms with Crippen molar-refractivity contribution in [1.29, 1.82) is 5.26 Å². The Morgan fingerprint density at radius 1 is 1.40 bits per heavy atom. The maximum absolute atomic E-state index is 12.4. The number of aliphatic hydroxyl groups excluding tert-OH is 1. The summed E-state index contributed by atoms with van der Waals surface area (Å²) in [6.07, 6.45) is 1.47. The molecule has 3 N–H and O–H groups in total. The second-order valence-electron chi connectivity index (χ2n) is 5.54. The zero-order chi connectivity index (χ0) is 17.8. The number of amides is 1. The Morgan fingerprint density at radius 2 is 2.20 bits per heavy atom. The van der Waals surface area contributed by atoms with Crippen molar-refractivity contribution in [3.05, 3.63) is 59.4 Å². The van der Waals surface area contributed by atoms with E-state index in [0.29, 0.717) is 17.1 Å². The van der Waals surface area contributed by atoms with Gasteiger partial charge < -0.3 is 15.4 Å². The third kappa shape index (κ3) is 3.44. The molecule has 1 amide bonds. The Kier molecular flexibility index (Phi) is 4.64. The number of hydrogen-bond donors (Lipinski definition) is 3. The van der Waals surface area contributed by atoms with Crippen LogP contribution in [0.1, 0.15) is 21.6 Å². The van der Waals surface area contributed by atoms with Crippen molar-refractivity contribution in [2.75, 3.05) is 11.9 Å². The number of benzene rings is 1. The van der Waals surface area contributed by atoms with Gasteiger partial charge in [-0.2, -0.15) is 10.4 Å². The highest BCUT2D eigenvalue weighted by Crippen LogP contribution is 2.25. The minimum atomic E-state index is -0.378. The molecular weight excluding hydrogens is 318 g/mol. The summed E-state index contributed by atoms with van der Waals surface area (Å²) in [5, 5.41) is 25.3. The van der Waals surface area contributed by atoms with Gasteiger partial charge in [0, 0.05) is 17.8 Å². The third-order valence-corrected chi connectivity index (χ3v) is 3.81. The molecule has 7 heteroatoms. The molecule has 0 saturated heterocycles. The molecule has 1 aromatic carbocycles. The van der Waals surface area contributed by atoms with Crippen molar-refractivity contribution in [1.82, 2.24) is 14.8 Å². The number of anilines is 1. The molecule has 0 spiro atoms. The molecular formula is C18H17N5O2. The smallest absolute Gasteiger partial charge is 0.273 e. The number of nitrogens with one attached hydrogen (secondary N) is 2. The molecule has 3 rings (SSSR count). The van der Waals surface area contributed by atoms with Gasteiger partial charge in [-0.3, -0.25) is 4.79 Å². The van der Waals surface area contributed by atoms with Crippen LogP contribution in [-0.4, -0.2) is 32.4 Å². The molecule has 0 aliphatic carbocycles. The fraction of sp³-hybridized carbons (Fsp3) is 0.167. The highest BCUT2D eigenvalue weighted by atomic mass is 16.3. The van der Waals surface area contributed by atoms with E-state index in [0.717, 1.165) is 11.1 Å². The highest BCUT2D eigenvalue weighted by molar-refractivity contribution is 6.03. The number of hydrogen-bond acceptors (Lipinski definition) is 4. The van der Waals surface area contributed by atoms with Gasteiger partial charge in [0.25, 0.3) is 5.91 Å². The van der Waals surface area contributed by atoms with Crippen LogP contribution in [-0.2, 0) is 6.54 Å². The molecule has 0 saturated carbocycles. The monoisotopic (exact) mass is 335 g/mol. The van der Waals surface area contributed by atoms with Crippen molar-refractivity contribution in [3.63, 3.8) is 0 Å². The highest BCUT2D eigenvalue weighted by Gasteiger charge is 2.15. The van der Waals surface area contributed by atoms with E-state index in [1.165, 1.54) is 12.3 Å². The lowest BCUT2D eigenvalue weighted by atomic mass is 10.1. The number of H-pyrrole nitrogens is 1. The maximum atomic E-state index is 12.4. The molecule has 2 aromatic heterocycles. The first-order valence-corrected chi connectivity index (χ1v) is 7.77. The molecule has 0 unspecified atom stereocenters. The fourth-order valence-electron chi connectivity index (χ4n) is 2.55. The number of carbonyl (C=O) groups excluding carboxylic acids is 1. The summed E-state index contributed by atoms with van der Waals surface area (Å²) >= 11 is 0. The van der Waals surface area contributed by atoms with Crippen molar-refractivity contribution in [2.24, 2.45) is 0 Å². The van der Waals surface area contributed by atoms with Crippen molar-refractivity contribution in [2.45, 2.75) is 13.5 Å². The molecule has 0 atom stereocenters. The number of aromatic amines is 1. The van der Waals surface area contributed by atoms with E-state index in [4.69, 9.17) is 5.26 Å². The third-order valence-electron chi connectivity index (χ3n) is 3.81. The summed E-state index contributed by atoms with van der Waals surface area (Å²) < 4.78 is 1.55. The molecule has 126 valence electrons. The zero-order valence-electron chi connectivity index (χ0n) is 13.7. The van der Waals surface area contributed by atoms with Crippen LogP contribution in [0.3, 0.4) is 0 Å². The van der Waals surface area contributed by atoms with Crippen molar-refractivity contribution < 1.29 is 9.90 Å².